The average Bonchev–Trinajstić information content (AvgIpc) is 2.87. The van der Waals surface area contributed by atoms with Gasteiger partial charge in [0, 0.05) is 34.3 Å². The number of hydrogen-bond acceptors (Lipinski definition) is 6. The van der Waals surface area contributed by atoms with Gasteiger partial charge in [-0.05, 0) is 48.4 Å². The number of nitrogens with zero attached hydrogens (tertiary/aromatic N) is 2. The normalized spacial score (nSPS) is 14.5. The minimum Gasteiger partial charge on any atom is -0.483 e. The van der Waals surface area contributed by atoms with Gasteiger partial charge in [-0.15, -0.1) is 0 Å². The van der Waals surface area contributed by atoms with Gasteiger partial charge in [0.25, 0.3) is 17.7 Å². The molecule has 36 heavy (non-hydrogen) atoms. The van der Waals surface area contributed by atoms with E-state index >= 15 is 0 Å². The van der Waals surface area contributed by atoms with Crippen LogP contribution in [0.25, 0.3) is 0 Å². The summed E-state index contributed by atoms with van der Waals surface area (Å²) in [6.07, 6.45) is 1.37. The van der Waals surface area contributed by atoms with Crippen molar-refractivity contribution in [3.63, 3.8) is 0 Å². The number of nitrogens with one attached hydrogen (secondary N) is 2. The van der Waals surface area contributed by atoms with Crippen molar-refractivity contribution in [3.8, 4) is 5.75 Å². The largest absolute Gasteiger partial charge is 0.483 e. The summed E-state index contributed by atoms with van der Waals surface area (Å²) in [7, 11) is 0. The Bertz CT molecular complexity index is 1100. The number of hydrogen-bond donors (Lipinski definition) is 2. The number of hydrazone groups is 1. The van der Waals surface area contributed by atoms with Crippen LogP contribution in [-0.4, -0.2) is 67.8 Å². The van der Waals surface area contributed by atoms with E-state index in [2.05, 4.69) is 15.8 Å². The number of carbonyl (C=O) groups excluding carboxylic acids is 3. The fourth-order valence-corrected chi connectivity index (χ4v) is 3.70. The van der Waals surface area contributed by atoms with E-state index in [1.807, 2.05) is 13.8 Å². The van der Waals surface area contributed by atoms with E-state index in [1.54, 1.807) is 47.4 Å². The van der Waals surface area contributed by atoms with Crippen LogP contribution < -0.4 is 15.5 Å². The monoisotopic (exact) mass is 534 g/mol. The zero-order valence-corrected chi connectivity index (χ0v) is 21.5. The van der Waals surface area contributed by atoms with Crippen LogP contribution in [0.15, 0.2) is 47.6 Å². The number of morpholine rings is 1. The summed E-state index contributed by atoms with van der Waals surface area (Å²) in [6.45, 7) is 5.52. The Labute approximate surface area is 219 Å². The molecule has 1 saturated heterocycles. The third kappa shape index (κ3) is 7.94. The second-order valence-electron chi connectivity index (χ2n) is 8.40. The Kier molecular flexibility index (Phi) is 10.1. The topological polar surface area (TPSA) is 109 Å². The lowest BCUT2D eigenvalue weighted by Gasteiger charge is -2.26. The molecule has 192 valence electrons. The summed E-state index contributed by atoms with van der Waals surface area (Å²) in [4.78, 5) is 39.4. The highest BCUT2D eigenvalue weighted by atomic mass is 35.5. The molecule has 3 amide bonds. The van der Waals surface area contributed by atoms with Crippen LogP contribution in [0.4, 0.5) is 0 Å². The van der Waals surface area contributed by atoms with Crippen LogP contribution in [0.1, 0.15) is 29.8 Å². The standard InChI is InChI=1S/C25H28Cl2N4O5/c1-16(2)23(29-24(33)17-3-5-19(26)6-4-17)25(34)30-28-14-18-13-20(27)7-8-21(18)36-15-22(32)31-9-11-35-12-10-31/h3-8,13-14,16,23H,9-12,15H2,1-2H3,(H,29,33)(H,30,34). The third-order valence-electron chi connectivity index (χ3n) is 5.41. The number of amides is 3. The molecule has 1 heterocycles. The molecule has 11 heteroatoms. The Morgan fingerprint density at radius 1 is 1.08 bits per heavy atom. The van der Waals surface area contributed by atoms with Crippen molar-refractivity contribution in [2.45, 2.75) is 19.9 Å². The van der Waals surface area contributed by atoms with E-state index in [0.29, 0.717) is 53.2 Å². The summed E-state index contributed by atoms with van der Waals surface area (Å²) in [5.41, 5.74) is 3.31. The maximum absolute atomic E-state index is 12.8. The highest BCUT2D eigenvalue weighted by Gasteiger charge is 2.24. The molecule has 1 aliphatic rings. The predicted molar refractivity (Wildman–Crippen MR) is 138 cm³/mol. The molecule has 9 nitrogen and oxygen atoms in total. The Morgan fingerprint density at radius 2 is 1.75 bits per heavy atom. The second-order valence-corrected chi connectivity index (χ2v) is 9.27. The fraction of sp³-hybridized carbons (Fsp3) is 0.360. The summed E-state index contributed by atoms with van der Waals surface area (Å²) in [6, 6.07) is 10.4. The molecule has 3 rings (SSSR count). The van der Waals surface area contributed by atoms with Crippen LogP contribution in [0.3, 0.4) is 0 Å². The molecule has 0 aromatic heterocycles. The minimum atomic E-state index is -0.827. The van der Waals surface area contributed by atoms with Crippen molar-refractivity contribution in [1.29, 1.82) is 0 Å². The molecule has 2 N–H and O–H groups in total. The molecule has 0 aliphatic carbocycles. The van der Waals surface area contributed by atoms with Crippen molar-refractivity contribution in [1.82, 2.24) is 15.6 Å². The quantitative estimate of drug-likeness (QED) is 0.379. The maximum Gasteiger partial charge on any atom is 0.262 e. The van der Waals surface area contributed by atoms with E-state index in [-0.39, 0.29) is 18.4 Å². The van der Waals surface area contributed by atoms with Crippen molar-refractivity contribution >= 4 is 47.1 Å². The molecule has 0 spiro atoms. The van der Waals surface area contributed by atoms with Crippen molar-refractivity contribution in [3.05, 3.63) is 63.6 Å². The van der Waals surface area contributed by atoms with Gasteiger partial charge in [-0.1, -0.05) is 37.0 Å². The number of halogens is 2. The molecule has 1 aliphatic heterocycles. The minimum absolute atomic E-state index is 0.152. The lowest BCUT2D eigenvalue weighted by Crippen LogP contribution is -2.48. The first kappa shape index (κ1) is 27.4. The first-order valence-corrected chi connectivity index (χ1v) is 12.2. The van der Waals surface area contributed by atoms with Crippen LogP contribution in [0.2, 0.25) is 10.0 Å². The Balaban J connectivity index is 1.61. The lowest BCUT2D eigenvalue weighted by molar-refractivity contribution is -0.137. The summed E-state index contributed by atoms with van der Waals surface area (Å²) in [5, 5.41) is 7.67. The van der Waals surface area contributed by atoms with Gasteiger partial charge in [0.1, 0.15) is 11.8 Å². The molecule has 2 aromatic carbocycles. The molecule has 0 bridgehead atoms. The molecule has 0 saturated carbocycles. The summed E-state index contributed by atoms with van der Waals surface area (Å²) in [5.74, 6) is -0.862. The zero-order valence-electron chi connectivity index (χ0n) is 20.0. The lowest BCUT2D eigenvalue weighted by atomic mass is 10.0. The molecule has 0 radical (unpaired) electrons. The van der Waals surface area contributed by atoms with E-state index in [0.717, 1.165) is 0 Å². The first-order chi connectivity index (χ1) is 17.2. The summed E-state index contributed by atoms with van der Waals surface area (Å²) >= 11 is 12.0. The van der Waals surface area contributed by atoms with Gasteiger partial charge < -0.3 is 19.7 Å². The number of rotatable bonds is 9. The molecule has 1 unspecified atom stereocenters. The van der Waals surface area contributed by atoms with Crippen molar-refractivity contribution in [2.24, 2.45) is 11.0 Å². The molecule has 1 atom stereocenters. The van der Waals surface area contributed by atoms with Crippen LogP contribution in [-0.2, 0) is 14.3 Å². The van der Waals surface area contributed by atoms with Gasteiger partial charge in [0.15, 0.2) is 6.61 Å². The van der Waals surface area contributed by atoms with Gasteiger partial charge >= 0.3 is 0 Å². The van der Waals surface area contributed by atoms with E-state index in [9.17, 15) is 14.4 Å². The second kappa shape index (κ2) is 13.2. The van der Waals surface area contributed by atoms with Gasteiger partial charge in [0.05, 0.1) is 19.4 Å². The van der Waals surface area contributed by atoms with Crippen LogP contribution >= 0.6 is 23.2 Å². The SMILES string of the molecule is CC(C)C(NC(=O)c1ccc(Cl)cc1)C(=O)NN=Cc1cc(Cl)ccc1OCC(=O)N1CCOCC1. The summed E-state index contributed by atoms with van der Waals surface area (Å²) < 4.78 is 11.0. The van der Waals surface area contributed by atoms with E-state index in [1.165, 1.54) is 6.21 Å². The highest BCUT2D eigenvalue weighted by molar-refractivity contribution is 6.31. The average molecular weight is 535 g/mol. The molecule has 2 aromatic rings. The van der Waals surface area contributed by atoms with Gasteiger partial charge in [-0.3, -0.25) is 14.4 Å². The smallest absolute Gasteiger partial charge is 0.262 e. The number of ether oxygens (including phenoxy) is 2. The Morgan fingerprint density at radius 3 is 2.42 bits per heavy atom. The number of benzene rings is 2. The van der Waals surface area contributed by atoms with Gasteiger partial charge in [-0.2, -0.15) is 5.10 Å². The molecular formula is C25H28Cl2N4O5. The molecular weight excluding hydrogens is 507 g/mol. The highest BCUT2D eigenvalue weighted by Crippen LogP contribution is 2.21. The number of carbonyl (C=O) groups is 3. The predicted octanol–water partition coefficient (Wildman–Crippen LogP) is 3.14. The van der Waals surface area contributed by atoms with Crippen molar-refractivity contribution < 1.29 is 23.9 Å². The van der Waals surface area contributed by atoms with Crippen LogP contribution in [0, 0.1) is 5.92 Å². The Hall–Kier alpha value is -3.14. The van der Waals surface area contributed by atoms with Gasteiger partial charge in [-0.25, -0.2) is 5.43 Å². The van der Waals surface area contributed by atoms with Crippen LogP contribution in [0.5, 0.6) is 5.75 Å². The zero-order chi connectivity index (χ0) is 26.1. The van der Waals surface area contributed by atoms with E-state index in [4.69, 9.17) is 32.7 Å². The van der Waals surface area contributed by atoms with Crippen molar-refractivity contribution in [2.75, 3.05) is 32.9 Å². The fourth-order valence-electron chi connectivity index (χ4n) is 3.39. The molecule has 1 fully saturated rings. The van der Waals surface area contributed by atoms with Gasteiger partial charge in [0.2, 0.25) is 0 Å². The third-order valence-corrected chi connectivity index (χ3v) is 5.89. The first-order valence-electron chi connectivity index (χ1n) is 11.4. The maximum atomic E-state index is 12.8. The van der Waals surface area contributed by atoms with E-state index < -0.39 is 17.9 Å².